The van der Waals surface area contributed by atoms with E-state index in [1.165, 1.54) is 0 Å². The molecule has 5 nitrogen and oxygen atoms in total. The Labute approximate surface area is 105 Å². The zero-order valence-corrected chi connectivity index (χ0v) is 10.4. The van der Waals surface area contributed by atoms with Gasteiger partial charge in [-0.2, -0.15) is 0 Å². The highest BCUT2D eigenvalue weighted by molar-refractivity contribution is 5.65. The van der Waals surface area contributed by atoms with Crippen molar-refractivity contribution >= 4 is 11.4 Å². The summed E-state index contributed by atoms with van der Waals surface area (Å²) < 4.78 is 13.4. The van der Waals surface area contributed by atoms with Crippen molar-refractivity contribution in [3.05, 3.63) is 33.6 Å². The fourth-order valence-corrected chi connectivity index (χ4v) is 2.27. The van der Waals surface area contributed by atoms with Crippen LogP contribution in [0.25, 0.3) is 0 Å². The molecular weight excluding hydrogens is 237 g/mol. The summed E-state index contributed by atoms with van der Waals surface area (Å²) in [6, 6.07) is 2.90. The van der Waals surface area contributed by atoms with E-state index in [2.05, 4.69) is 5.32 Å². The van der Waals surface area contributed by atoms with Gasteiger partial charge in [-0.3, -0.25) is 10.1 Å². The maximum atomic E-state index is 13.4. The Bertz CT molecular complexity index is 479. The van der Waals surface area contributed by atoms with Crippen molar-refractivity contribution in [2.45, 2.75) is 19.4 Å². The lowest BCUT2D eigenvalue weighted by Crippen LogP contribution is -2.29. The molecule has 98 valence electrons. The molecule has 1 fully saturated rings. The number of benzene rings is 1. The molecule has 2 rings (SSSR count). The fraction of sp³-hybridized carbons (Fsp3) is 0.500. The molecule has 1 aliphatic rings. The number of nitrogens with zero attached hydrogens (tertiary/aromatic N) is 2. The number of nitro benzene ring substituents is 1. The zero-order valence-electron chi connectivity index (χ0n) is 10.4. The average molecular weight is 253 g/mol. The number of hydrogen-bond donors (Lipinski definition) is 1. The Morgan fingerprint density at radius 1 is 1.56 bits per heavy atom. The van der Waals surface area contributed by atoms with Gasteiger partial charge >= 0.3 is 0 Å². The summed E-state index contributed by atoms with van der Waals surface area (Å²) in [5.41, 5.74) is 0.787. The lowest BCUT2D eigenvalue weighted by molar-refractivity contribution is -0.384. The Kier molecular flexibility index (Phi) is 3.47. The second-order valence-corrected chi connectivity index (χ2v) is 4.57. The van der Waals surface area contributed by atoms with Gasteiger partial charge in [-0.1, -0.05) is 0 Å². The van der Waals surface area contributed by atoms with Crippen molar-refractivity contribution in [2.24, 2.45) is 0 Å². The predicted octanol–water partition coefficient (Wildman–Crippen LogP) is 1.84. The largest absolute Gasteiger partial charge is 0.364 e. The summed E-state index contributed by atoms with van der Waals surface area (Å²) in [5.74, 6) is -0.533. The maximum Gasteiger partial charge on any atom is 0.295 e. The van der Waals surface area contributed by atoms with Crippen LogP contribution in [-0.2, 0) is 0 Å². The number of hydrogen-bond acceptors (Lipinski definition) is 4. The van der Waals surface area contributed by atoms with E-state index in [0.717, 1.165) is 19.0 Å². The lowest BCUT2D eigenvalue weighted by atomic mass is 10.1. The van der Waals surface area contributed by atoms with Crippen LogP contribution >= 0.6 is 0 Å². The predicted molar refractivity (Wildman–Crippen MR) is 67.5 cm³/mol. The molecule has 18 heavy (non-hydrogen) atoms. The fourth-order valence-electron chi connectivity index (χ4n) is 2.27. The second-order valence-electron chi connectivity index (χ2n) is 4.57. The normalized spacial score (nSPS) is 19.3. The number of nitrogens with one attached hydrogen (secondary N) is 1. The first-order valence-corrected chi connectivity index (χ1v) is 5.89. The highest BCUT2D eigenvalue weighted by atomic mass is 19.1. The van der Waals surface area contributed by atoms with Gasteiger partial charge in [0.25, 0.3) is 5.69 Å². The third-order valence-corrected chi connectivity index (χ3v) is 3.39. The van der Waals surface area contributed by atoms with Crippen LogP contribution < -0.4 is 10.2 Å². The minimum absolute atomic E-state index is 0.158. The molecule has 0 aliphatic carbocycles. The molecule has 1 N–H and O–H groups in total. The Balaban J connectivity index is 2.37. The van der Waals surface area contributed by atoms with E-state index >= 15 is 0 Å². The minimum atomic E-state index is -0.533. The quantitative estimate of drug-likeness (QED) is 0.659. The van der Waals surface area contributed by atoms with Crippen molar-refractivity contribution in [1.82, 2.24) is 5.32 Å². The molecule has 1 unspecified atom stereocenters. The molecule has 0 spiro atoms. The standard InChI is InChI=1S/C12H16FN3O2/c1-8-5-11(12(16(17)18)6-10(8)13)15-4-3-9(7-15)14-2/h5-6,9,14H,3-4,7H2,1-2H3. The van der Waals surface area contributed by atoms with Crippen molar-refractivity contribution in [2.75, 3.05) is 25.0 Å². The molecule has 1 heterocycles. The van der Waals surface area contributed by atoms with Crippen LogP contribution in [0.3, 0.4) is 0 Å². The maximum absolute atomic E-state index is 13.4. The van der Waals surface area contributed by atoms with Crippen LogP contribution in [0.1, 0.15) is 12.0 Å². The van der Waals surface area contributed by atoms with E-state index in [0.29, 0.717) is 23.8 Å². The number of likely N-dealkylation sites (N-methyl/N-ethyl adjacent to an activating group) is 1. The molecule has 0 bridgehead atoms. The van der Waals surface area contributed by atoms with Crippen LogP contribution in [0, 0.1) is 22.9 Å². The molecule has 1 aromatic rings. The summed E-state index contributed by atoms with van der Waals surface area (Å²) in [6.07, 6.45) is 0.935. The third-order valence-electron chi connectivity index (χ3n) is 3.39. The molecule has 0 amide bonds. The van der Waals surface area contributed by atoms with E-state index in [4.69, 9.17) is 0 Å². The number of aryl methyl sites for hydroxylation is 1. The first-order valence-electron chi connectivity index (χ1n) is 5.89. The van der Waals surface area contributed by atoms with Crippen molar-refractivity contribution < 1.29 is 9.31 Å². The minimum Gasteiger partial charge on any atom is -0.364 e. The molecule has 0 aromatic heterocycles. The first kappa shape index (κ1) is 12.8. The van der Waals surface area contributed by atoms with Gasteiger partial charge in [0.05, 0.1) is 11.0 Å². The van der Waals surface area contributed by atoms with Crippen LogP contribution in [0.2, 0.25) is 0 Å². The number of rotatable bonds is 3. The summed E-state index contributed by atoms with van der Waals surface area (Å²) >= 11 is 0. The zero-order chi connectivity index (χ0) is 13.3. The molecule has 1 saturated heterocycles. The van der Waals surface area contributed by atoms with Crippen LogP contribution in [0.5, 0.6) is 0 Å². The average Bonchev–Trinajstić information content (AvgIpc) is 2.80. The van der Waals surface area contributed by atoms with Crippen LogP contribution in [0.15, 0.2) is 12.1 Å². The number of halogens is 1. The summed E-state index contributed by atoms with van der Waals surface area (Å²) in [5, 5.41) is 14.1. The van der Waals surface area contributed by atoms with Gasteiger partial charge in [0.1, 0.15) is 11.5 Å². The monoisotopic (exact) mass is 253 g/mol. The van der Waals surface area contributed by atoms with Crippen molar-refractivity contribution in [1.29, 1.82) is 0 Å². The van der Waals surface area contributed by atoms with E-state index in [1.807, 2.05) is 11.9 Å². The molecule has 0 saturated carbocycles. The second kappa shape index (κ2) is 4.89. The van der Waals surface area contributed by atoms with Gasteiger partial charge in [0.2, 0.25) is 0 Å². The number of nitro groups is 1. The van der Waals surface area contributed by atoms with Crippen molar-refractivity contribution in [3.63, 3.8) is 0 Å². The molecule has 6 heteroatoms. The third kappa shape index (κ3) is 2.28. The summed E-state index contributed by atoms with van der Waals surface area (Å²) in [6.45, 7) is 3.08. The van der Waals surface area contributed by atoms with E-state index in [1.54, 1.807) is 13.0 Å². The highest BCUT2D eigenvalue weighted by Crippen LogP contribution is 2.32. The van der Waals surface area contributed by atoms with Gasteiger partial charge in [-0.15, -0.1) is 0 Å². The van der Waals surface area contributed by atoms with Gasteiger partial charge in [0.15, 0.2) is 0 Å². The van der Waals surface area contributed by atoms with Gasteiger partial charge in [-0.25, -0.2) is 4.39 Å². The molecular formula is C12H16FN3O2. The van der Waals surface area contributed by atoms with E-state index in [-0.39, 0.29) is 5.69 Å². The first-order chi connectivity index (χ1) is 8.52. The van der Waals surface area contributed by atoms with Crippen LogP contribution in [0.4, 0.5) is 15.8 Å². The topological polar surface area (TPSA) is 58.4 Å². The highest BCUT2D eigenvalue weighted by Gasteiger charge is 2.27. The molecule has 1 atom stereocenters. The van der Waals surface area contributed by atoms with E-state index < -0.39 is 10.7 Å². The van der Waals surface area contributed by atoms with Gasteiger partial charge in [0, 0.05) is 19.1 Å². The Hall–Kier alpha value is -1.69. The Morgan fingerprint density at radius 3 is 2.83 bits per heavy atom. The molecule has 1 aliphatic heterocycles. The summed E-state index contributed by atoms with van der Waals surface area (Å²) in [7, 11) is 1.87. The van der Waals surface area contributed by atoms with Crippen molar-refractivity contribution in [3.8, 4) is 0 Å². The van der Waals surface area contributed by atoms with Gasteiger partial charge < -0.3 is 10.2 Å². The SMILES string of the molecule is CNC1CCN(c2cc(C)c(F)cc2[N+](=O)[O-])C1. The summed E-state index contributed by atoms with van der Waals surface area (Å²) in [4.78, 5) is 12.4. The Morgan fingerprint density at radius 2 is 2.28 bits per heavy atom. The van der Waals surface area contributed by atoms with E-state index in [9.17, 15) is 14.5 Å². The molecule has 1 aromatic carbocycles. The number of anilines is 1. The molecule has 0 radical (unpaired) electrons. The smallest absolute Gasteiger partial charge is 0.295 e. The van der Waals surface area contributed by atoms with Gasteiger partial charge in [-0.05, 0) is 32.0 Å². The van der Waals surface area contributed by atoms with Crippen LogP contribution in [-0.4, -0.2) is 31.1 Å². The lowest BCUT2D eigenvalue weighted by Gasteiger charge is -2.19.